The van der Waals surface area contributed by atoms with E-state index in [4.69, 9.17) is 0 Å². The Balaban J connectivity index is 2.15. The van der Waals surface area contributed by atoms with E-state index in [1.807, 2.05) is 74.5 Å². The quantitative estimate of drug-likeness (QED) is 0.833. The molecule has 0 radical (unpaired) electrons. The molecular weight excluding hydrogens is 334 g/mol. The number of rotatable bonds is 4. The number of hydrogen-bond donors (Lipinski definition) is 1. The van der Waals surface area contributed by atoms with Crippen molar-refractivity contribution in [3.05, 3.63) is 77.9 Å². The van der Waals surface area contributed by atoms with Crippen LogP contribution in [0.5, 0.6) is 0 Å². The third-order valence-electron chi connectivity index (χ3n) is 4.97. The number of carbonyl (C=O) groups excluding carboxylic acids is 1. The smallest absolute Gasteiger partial charge is 0.257 e. The first-order valence-corrected chi connectivity index (χ1v) is 9.45. The Bertz CT molecular complexity index is 847. The van der Waals surface area contributed by atoms with E-state index in [0.717, 1.165) is 12.0 Å². The molecule has 0 saturated carbocycles. The molecule has 0 spiro atoms. The Morgan fingerprint density at radius 2 is 1.41 bits per heavy atom. The van der Waals surface area contributed by atoms with Gasteiger partial charge in [0.25, 0.3) is 5.91 Å². The second-order valence-electron chi connectivity index (χ2n) is 9.21. The van der Waals surface area contributed by atoms with Gasteiger partial charge in [0.05, 0.1) is 0 Å². The maximum atomic E-state index is 13.5. The van der Waals surface area contributed by atoms with Crippen LogP contribution < -0.4 is 0 Å². The first-order chi connectivity index (χ1) is 12.5. The van der Waals surface area contributed by atoms with Gasteiger partial charge in [-0.1, -0.05) is 81.4 Å². The molecule has 1 aliphatic heterocycles. The van der Waals surface area contributed by atoms with Gasteiger partial charge in [0.2, 0.25) is 0 Å². The molecule has 142 valence electrons. The number of benzene rings is 2. The van der Waals surface area contributed by atoms with Crippen molar-refractivity contribution in [2.75, 3.05) is 0 Å². The van der Waals surface area contributed by atoms with E-state index < -0.39 is 11.3 Å². The lowest BCUT2D eigenvalue weighted by Crippen LogP contribution is -2.56. The van der Waals surface area contributed by atoms with Crippen molar-refractivity contribution in [2.45, 2.75) is 52.3 Å². The Labute approximate surface area is 162 Å². The molecule has 1 N–H and O–H groups in total. The fourth-order valence-electron chi connectivity index (χ4n) is 4.44. The third kappa shape index (κ3) is 3.70. The molecule has 3 rings (SSSR count). The van der Waals surface area contributed by atoms with Crippen molar-refractivity contribution in [1.82, 2.24) is 4.90 Å². The fourth-order valence-corrected chi connectivity index (χ4v) is 4.44. The zero-order valence-corrected chi connectivity index (χ0v) is 16.9. The standard InChI is InChI=1S/C24H29NO2/c1-22(2,3)17-23(4,5)25-21(26)20(18-12-8-6-9-13-18)16-24(25,27)19-14-10-7-11-15-19/h6-16,27H,17H2,1-5H3. The van der Waals surface area contributed by atoms with Gasteiger partial charge in [-0.3, -0.25) is 9.69 Å². The summed E-state index contributed by atoms with van der Waals surface area (Å²) in [5.41, 5.74) is 0.0726. The van der Waals surface area contributed by atoms with Crippen LogP contribution in [-0.2, 0) is 10.5 Å². The molecule has 3 nitrogen and oxygen atoms in total. The molecule has 27 heavy (non-hydrogen) atoms. The van der Waals surface area contributed by atoms with Gasteiger partial charge in [-0.15, -0.1) is 0 Å². The van der Waals surface area contributed by atoms with Gasteiger partial charge in [-0.25, -0.2) is 0 Å². The second-order valence-corrected chi connectivity index (χ2v) is 9.21. The molecule has 1 heterocycles. The van der Waals surface area contributed by atoms with Crippen molar-refractivity contribution in [3.63, 3.8) is 0 Å². The third-order valence-corrected chi connectivity index (χ3v) is 4.97. The Morgan fingerprint density at radius 1 is 0.889 bits per heavy atom. The Hall–Kier alpha value is -2.39. The molecule has 1 amide bonds. The zero-order valence-electron chi connectivity index (χ0n) is 16.9. The molecule has 0 aromatic heterocycles. The Kier molecular flexibility index (Phi) is 4.77. The van der Waals surface area contributed by atoms with E-state index in [1.165, 1.54) is 0 Å². The molecule has 0 bridgehead atoms. The first kappa shape index (κ1) is 19.4. The largest absolute Gasteiger partial charge is 0.363 e. The van der Waals surface area contributed by atoms with Crippen LogP contribution in [0, 0.1) is 5.41 Å². The van der Waals surface area contributed by atoms with Gasteiger partial charge in [0, 0.05) is 16.7 Å². The highest BCUT2D eigenvalue weighted by Crippen LogP contribution is 2.46. The summed E-state index contributed by atoms with van der Waals surface area (Å²) in [6, 6.07) is 19.0. The highest BCUT2D eigenvalue weighted by molar-refractivity contribution is 6.22. The number of nitrogens with zero attached hydrogens (tertiary/aromatic N) is 1. The van der Waals surface area contributed by atoms with Crippen LogP contribution in [0.3, 0.4) is 0 Å². The van der Waals surface area contributed by atoms with E-state index >= 15 is 0 Å². The minimum absolute atomic E-state index is 0.0108. The van der Waals surface area contributed by atoms with E-state index in [0.29, 0.717) is 11.1 Å². The lowest BCUT2D eigenvalue weighted by Gasteiger charge is -2.47. The molecule has 1 aliphatic rings. The zero-order chi connectivity index (χ0) is 19.9. The lowest BCUT2D eigenvalue weighted by molar-refractivity contribution is -0.159. The highest BCUT2D eigenvalue weighted by atomic mass is 16.3. The minimum atomic E-state index is -1.47. The Morgan fingerprint density at radius 3 is 1.93 bits per heavy atom. The molecule has 2 aromatic rings. The molecule has 1 unspecified atom stereocenters. The van der Waals surface area contributed by atoms with E-state index in [1.54, 1.807) is 11.0 Å². The van der Waals surface area contributed by atoms with Crippen molar-refractivity contribution in [1.29, 1.82) is 0 Å². The maximum absolute atomic E-state index is 13.5. The van der Waals surface area contributed by atoms with Crippen LogP contribution in [0.4, 0.5) is 0 Å². The van der Waals surface area contributed by atoms with Crippen molar-refractivity contribution < 1.29 is 9.90 Å². The van der Waals surface area contributed by atoms with Crippen LogP contribution in [0.25, 0.3) is 5.57 Å². The van der Waals surface area contributed by atoms with Crippen LogP contribution in [0.2, 0.25) is 0 Å². The summed E-state index contributed by atoms with van der Waals surface area (Å²) in [6.07, 6.45) is 2.47. The van der Waals surface area contributed by atoms with Gasteiger partial charge in [0.15, 0.2) is 5.72 Å². The topological polar surface area (TPSA) is 40.5 Å². The van der Waals surface area contributed by atoms with Crippen LogP contribution in [-0.4, -0.2) is 21.5 Å². The fraction of sp³-hybridized carbons (Fsp3) is 0.375. The molecule has 3 heteroatoms. The van der Waals surface area contributed by atoms with Crippen molar-refractivity contribution in [3.8, 4) is 0 Å². The predicted molar refractivity (Wildman–Crippen MR) is 110 cm³/mol. The van der Waals surface area contributed by atoms with Crippen molar-refractivity contribution >= 4 is 11.5 Å². The monoisotopic (exact) mass is 363 g/mol. The molecule has 0 saturated heterocycles. The minimum Gasteiger partial charge on any atom is -0.363 e. The molecule has 0 fully saturated rings. The number of aliphatic hydroxyl groups is 1. The second kappa shape index (κ2) is 6.65. The van der Waals surface area contributed by atoms with E-state index in [2.05, 4.69) is 20.8 Å². The van der Waals surface area contributed by atoms with Gasteiger partial charge in [-0.05, 0) is 37.3 Å². The average molecular weight is 364 g/mol. The summed E-state index contributed by atoms with van der Waals surface area (Å²) in [5.74, 6) is -0.137. The maximum Gasteiger partial charge on any atom is 0.257 e. The van der Waals surface area contributed by atoms with Crippen molar-refractivity contribution in [2.24, 2.45) is 5.41 Å². The summed E-state index contributed by atoms with van der Waals surface area (Å²) < 4.78 is 0. The lowest BCUT2D eigenvalue weighted by atomic mass is 9.79. The average Bonchev–Trinajstić information content (AvgIpc) is 2.87. The van der Waals surface area contributed by atoms with Gasteiger partial charge in [-0.2, -0.15) is 0 Å². The van der Waals surface area contributed by atoms with Crippen LogP contribution in [0.15, 0.2) is 66.7 Å². The van der Waals surface area contributed by atoms with E-state index in [9.17, 15) is 9.90 Å². The van der Waals surface area contributed by atoms with Gasteiger partial charge >= 0.3 is 0 Å². The predicted octanol–water partition coefficient (Wildman–Crippen LogP) is 4.97. The van der Waals surface area contributed by atoms with Gasteiger partial charge < -0.3 is 5.11 Å². The summed E-state index contributed by atoms with van der Waals surface area (Å²) in [4.78, 5) is 15.2. The molecule has 0 aliphatic carbocycles. The van der Waals surface area contributed by atoms with Gasteiger partial charge in [0.1, 0.15) is 0 Å². The number of amides is 1. The SMILES string of the molecule is CC(C)(C)CC(C)(C)N1C(=O)C(c2ccccc2)=CC1(O)c1ccccc1. The molecule has 1 atom stereocenters. The normalized spacial score (nSPS) is 20.7. The van der Waals surface area contributed by atoms with Crippen LogP contribution in [0.1, 0.15) is 52.2 Å². The summed E-state index contributed by atoms with van der Waals surface area (Å²) in [5, 5.41) is 11.8. The summed E-state index contributed by atoms with van der Waals surface area (Å²) in [6.45, 7) is 10.5. The highest BCUT2D eigenvalue weighted by Gasteiger charge is 2.52. The number of carbonyl (C=O) groups is 1. The summed E-state index contributed by atoms with van der Waals surface area (Å²) >= 11 is 0. The molecular formula is C24H29NO2. The van der Waals surface area contributed by atoms with Crippen LogP contribution >= 0.6 is 0 Å². The number of hydrogen-bond acceptors (Lipinski definition) is 2. The first-order valence-electron chi connectivity index (χ1n) is 9.45. The summed E-state index contributed by atoms with van der Waals surface area (Å²) in [7, 11) is 0. The molecule has 2 aromatic carbocycles. The van der Waals surface area contributed by atoms with E-state index in [-0.39, 0.29) is 11.3 Å².